The van der Waals surface area contributed by atoms with E-state index in [-0.39, 0.29) is 6.17 Å². The van der Waals surface area contributed by atoms with Crippen LogP contribution in [0.5, 0.6) is 0 Å². The van der Waals surface area contributed by atoms with Gasteiger partial charge in [-0.05, 0) is 26.5 Å². The first-order valence-corrected chi connectivity index (χ1v) is 2.95. The van der Waals surface area contributed by atoms with Gasteiger partial charge >= 0.3 is 0 Å². The Labute approximate surface area is 56.1 Å². The van der Waals surface area contributed by atoms with E-state index in [1.165, 1.54) is 0 Å². The molecular formula is C6H15N3. The third kappa shape index (κ3) is 2.49. The van der Waals surface area contributed by atoms with Crippen molar-refractivity contribution in [2.24, 2.45) is 11.5 Å². The zero-order valence-corrected chi connectivity index (χ0v) is 6.23. The summed E-state index contributed by atoms with van der Waals surface area (Å²) in [7, 11) is 1.80. The van der Waals surface area contributed by atoms with Crippen molar-refractivity contribution in [3.63, 3.8) is 0 Å². The van der Waals surface area contributed by atoms with Crippen LogP contribution >= 0.6 is 0 Å². The molecule has 5 N–H and O–H groups in total. The molecule has 3 nitrogen and oxygen atoms in total. The summed E-state index contributed by atoms with van der Waals surface area (Å²) in [5, 5.41) is 2.89. The average Bonchev–Trinajstić information content (AvgIpc) is 1.84. The Balaban J connectivity index is 4.02. The molecule has 3 heteroatoms. The number of likely N-dealkylation sites (N-methyl/N-ethyl adjacent to an activating group) is 1. The first-order valence-electron chi connectivity index (χ1n) is 2.95. The zero-order chi connectivity index (χ0) is 7.44. The second-order valence-electron chi connectivity index (χ2n) is 2.13. The molecule has 0 saturated carbocycles. The largest absolute Gasteiger partial charge is 0.402 e. The van der Waals surface area contributed by atoms with Crippen LogP contribution in [0.2, 0.25) is 0 Å². The topological polar surface area (TPSA) is 64.1 Å². The van der Waals surface area contributed by atoms with E-state index >= 15 is 0 Å². The summed E-state index contributed by atoms with van der Waals surface area (Å²) in [5.74, 6) is 0. The molecule has 0 bridgehead atoms. The number of rotatable bonds is 2. The number of nitrogens with one attached hydrogen (secondary N) is 1. The molecule has 0 saturated heterocycles. The Morgan fingerprint density at radius 1 is 1.44 bits per heavy atom. The van der Waals surface area contributed by atoms with Gasteiger partial charge in [0.15, 0.2) is 0 Å². The SMILES string of the molecule is CNC(N)/C(C)=C(/C)N. The van der Waals surface area contributed by atoms with Crippen LogP contribution in [0.15, 0.2) is 11.3 Å². The molecule has 0 fully saturated rings. The Bertz CT molecular complexity index is 113. The van der Waals surface area contributed by atoms with Crippen molar-refractivity contribution in [3.8, 4) is 0 Å². The lowest BCUT2D eigenvalue weighted by Gasteiger charge is -2.11. The predicted octanol–water partition coefficient (Wildman–Crippen LogP) is -0.257. The zero-order valence-electron chi connectivity index (χ0n) is 6.23. The molecule has 1 unspecified atom stereocenters. The molecule has 54 valence electrons. The van der Waals surface area contributed by atoms with E-state index in [2.05, 4.69) is 5.32 Å². The van der Waals surface area contributed by atoms with Gasteiger partial charge in [0.25, 0.3) is 0 Å². The van der Waals surface area contributed by atoms with Crippen LogP contribution in [0, 0.1) is 0 Å². The van der Waals surface area contributed by atoms with Gasteiger partial charge in [0, 0.05) is 5.70 Å². The van der Waals surface area contributed by atoms with E-state index in [0.717, 1.165) is 11.3 Å². The maximum absolute atomic E-state index is 5.57. The van der Waals surface area contributed by atoms with Crippen LogP contribution in [-0.2, 0) is 0 Å². The van der Waals surface area contributed by atoms with Crippen molar-refractivity contribution in [2.75, 3.05) is 7.05 Å². The normalized spacial score (nSPS) is 16.9. The quantitative estimate of drug-likeness (QED) is 0.450. The van der Waals surface area contributed by atoms with Crippen LogP contribution in [-0.4, -0.2) is 13.2 Å². The third-order valence-electron chi connectivity index (χ3n) is 1.40. The molecule has 0 amide bonds. The van der Waals surface area contributed by atoms with Crippen LogP contribution in [0.3, 0.4) is 0 Å². The molecule has 9 heavy (non-hydrogen) atoms. The van der Waals surface area contributed by atoms with Gasteiger partial charge < -0.3 is 16.8 Å². The van der Waals surface area contributed by atoms with Crippen LogP contribution in [0.4, 0.5) is 0 Å². The van der Waals surface area contributed by atoms with Crippen molar-refractivity contribution in [1.29, 1.82) is 0 Å². The first kappa shape index (κ1) is 8.46. The summed E-state index contributed by atoms with van der Waals surface area (Å²) < 4.78 is 0. The summed E-state index contributed by atoms with van der Waals surface area (Å²) in [4.78, 5) is 0. The molecule has 1 atom stereocenters. The van der Waals surface area contributed by atoms with Crippen molar-refractivity contribution >= 4 is 0 Å². The lowest BCUT2D eigenvalue weighted by atomic mass is 10.2. The minimum absolute atomic E-state index is 0.102. The first-order chi connectivity index (χ1) is 4.09. The summed E-state index contributed by atoms with van der Waals surface area (Å²) in [6.07, 6.45) is -0.102. The summed E-state index contributed by atoms with van der Waals surface area (Å²) in [5.41, 5.74) is 12.8. The molecule has 0 heterocycles. The summed E-state index contributed by atoms with van der Waals surface area (Å²) >= 11 is 0. The van der Waals surface area contributed by atoms with Gasteiger partial charge in [-0.3, -0.25) is 0 Å². The van der Waals surface area contributed by atoms with Crippen molar-refractivity contribution in [3.05, 3.63) is 11.3 Å². The van der Waals surface area contributed by atoms with Gasteiger partial charge in [-0.25, -0.2) is 0 Å². The number of hydrogen-bond donors (Lipinski definition) is 3. The minimum atomic E-state index is -0.102. The Morgan fingerprint density at radius 2 is 1.89 bits per heavy atom. The van der Waals surface area contributed by atoms with Crippen molar-refractivity contribution in [1.82, 2.24) is 5.32 Å². The van der Waals surface area contributed by atoms with Crippen molar-refractivity contribution < 1.29 is 0 Å². The summed E-state index contributed by atoms with van der Waals surface area (Å²) in [6, 6.07) is 0. The number of nitrogens with two attached hydrogens (primary N) is 2. The Hall–Kier alpha value is -0.540. The predicted molar refractivity (Wildman–Crippen MR) is 39.6 cm³/mol. The third-order valence-corrected chi connectivity index (χ3v) is 1.40. The highest BCUT2D eigenvalue weighted by atomic mass is 15.0. The van der Waals surface area contributed by atoms with E-state index in [1.54, 1.807) is 7.05 Å². The monoisotopic (exact) mass is 129 g/mol. The average molecular weight is 129 g/mol. The standard InChI is InChI=1S/C6H15N3/c1-4(5(2)7)6(8)9-3/h6,9H,7-8H2,1-3H3/b5-4-. The molecule has 0 spiro atoms. The maximum Gasteiger partial charge on any atom is 0.0783 e. The molecule has 0 radical (unpaired) electrons. The second-order valence-corrected chi connectivity index (χ2v) is 2.13. The minimum Gasteiger partial charge on any atom is -0.402 e. The highest BCUT2D eigenvalue weighted by Gasteiger charge is 2.00. The van der Waals surface area contributed by atoms with E-state index in [1.807, 2.05) is 13.8 Å². The van der Waals surface area contributed by atoms with Crippen LogP contribution in [0.1, 0.15) is 13.8 Å². The molecule has 0 aromatic heterocycles. The Kier molecular flexibility index (Phi) is 3.27. The molecule has 0 rings (SSSR count). The molecule has 0 aliphatic heterocycles. The molecule has 0 aliphatic carbocycles. The van der Waals surface area contributed by atoms with Crippen LogP contribution < -0.4 is 16.8 Å². The summed E-state index contributed by atoms with van der Waals surface area (Å²) in [6.45, 7) is 3.75. The molecule has 0 aliphatic rings. The molecule has 0 aromatic rings. The smallest absolute Gasteiger partial charge is 0.0783 e. The fourth-order valence-corrected chi connectivity index (χ4v) is 0.462. The fraction of sp³-hybridized carbons (Fsp3) is 0.667. The fourth-order valence-electron chi connectivity index (χ4n) is 0.462. The van der Waals surface area contributed by atoms with E-state index < -0.39 is 0 Å². The number of allylic oxidation sites excluding steroid dienone is 1. The second kappa shape index (κ2) is 3.48. The molecule has 0 aromatic carbocycles. The lowest BCUT2D eigenvalue weighted by molar-refractivity contribution is 0.656. The highest BCUT2D eigenvalue weighted by molar-refractivity contribution is 5.11. The van der Waals surface area contributed by atoms with Gasteiger partial charge in [0.2, 0.25) is 0 Å². The van der Waals surface area contributed by atoms with Crippen LogP contribution in [0.25, 0.3) is 0 Å². The van der Waals surface area contributed by atoms with Gasteiger partial charge in [0.05, 0.1) is 6.17 Å². The van der Waals surface area contributed by atoms with Gasteiger partial charge in [0.1, 0.15) is 0 Å². The lowest BCUT2D eigenvalue weighted by Crippen LogP contribution is -2.36. The number of hydrogen-bond acceptors (Lipinski definition) is 3. The van der Waals surface area contributed by atoms with E-state index in [4.69, 9.17) is 11.5 Å². The maximum atomic E-state index is 5.57. The van der Waals surface area contributed by atoms with E-state index in [0.29, 0.717) is 0 Å². The van der Waals surface area contributed by atoms with Crippen molar-refractivity contribution in [2.45, 2.75) is 20.0 Å². The van der Waals surface area contributed by atoms with Gasteiger partial charge in [-0.1, -0.05) is 0 Å². The van der Waals surface area contributed by atoms with Gasteiger partial charge in [-0.2, -0.15) is 0 Å². The molecular weight excluding hydrogens is 114 g/mol. The highest BCUT2D eigenvalue weighted by Crippen LogP contribution is 1.97. The van der Waals surface area contributed by atoms with E-state index in [9.17, 15) is 0 Å². The van der Waals surface area contributed by atoms with Gasteiger partial charge in [-0.15, -0.1) is 0 Å². The Morgan fingerprint density at radius 3 is 2.00 bits per heavy atom.